The highest BCUT2D eigenvalue weighted by atomic mass is 32.2. The van der Waals surface area contributed by atoms with Gasteiger partial charge in [-0.25, -0.2) is 0 Å². The molecule has 0 saturated heterocycles. The van der Waals surface area contributed by atoms with Gasteiger partial charge in [0.25, 0.3) is 0 Å². The van der Waals surface area contributed by atoms with Gasteiger partial charge in [0.2, 0.25) is 5.91 Å². The van der Waals surface area contributed by atoms with Crippen LogP contribution in [0.4, 0.5) is 0 Å². The van der Waals surface area contributed by atoms with Crippen molar-refractivity contribution in [3.8, 4) is 5.75 Å². The zero-order valence-corrected chi connectivity index (χ0v) is 15.6. The van der Waals surface area contributed by atoms with Crippen LogP contribution in [-0.2, 0) is 11.2 Å². The summed E-state index contributed by atoms with van der Waals surface area (Å²) in [5, 5.41) is 2.91. The van der Waals surface area contributed by atoms with Crippen LogP contribution in [0.25, 0.3) is 0 Å². The van der Waals surface area contributed by atoms with Gasteiger partial charge in [0.05, 0.1) is 12.4 Å². The highest BCUT2D eigenvalue weighted by Crippen LogP contribution is 2.27. The highest BCUT2D eigenvalue weighted by Gasteiger charge is 2.14. The number of aryl methyl sites for hydroxylation is 2. The molecule has 0 aromatic heterocycles. The average Bonchev–Trinajstić information content (AvgIpc) is 2.57. The molecule has 0 aliphatic rings. The van der Waals surface area contributed by atoms with Crippen molar-refractivity contribution in [2.24, 2.45) is 0 Å². The van der Waals surface area contributed by atoms with E-state index in [9.17, 15) is 4.79 Å². The summed E-state index contributed by atoms with van der Waals surface area (Å²) in [6, 6.07) is 14.3. The van der Waals surface area contributed by atoms with Crippen molar-refractivity contribution in [3.63, 3.8) is 0 Å². The third kappa shape index (κ3) is 5.31. The van der Waals surface area contributed by atoms with Crippen LogP contribution in [-0.4, -0.2) is 24.8 Å². The Morgan fingerprint density at radius 2 is 1.88 bits per heavy atom. The number of nitrogens with one attached hydrogen (secondary N) is 1. The Balaban J connectivity index is 1.80. The summed E-state index contributed by atoms with van der Waals surface area (Å²) < 4.78 is 5.14. The number of rotatable bonds is 7. The van der Waals surface area contributed by atoms with E-state index in [1.54, 1.807) is 18.9 Å². The summed E-state index contributed by atoms with van der Waals surface area (Å²) in [5.74, 6) is 0.926. The second-order valence-corrected chi connectivity index (χ2v) is 7.30. The second-order valence-electron chi connectivity index (χ2n) is 5.92. The fourth-order valence-electron chi connectivity index (χ4n) is 2.44. The molecule has 1 N–H and O–H groups in total. The number of carbonyl (C=O) groups excluding carboxylic acids is 1. The maximum atomic E-state index is 12.3. The predicted molar refractivity (Wildman–Crippen MR) is 101 cm³/mol. The lowest BCUT2D eigenvalue weighted by atomic mass is 10.1. The van der Waals surface area contributed by atoms with Crippen molar-refractivity contribution in [2.45, 2.75) is 37.3 Å². The zero-order chi connectivity index (χ0) is 17.5. The van der Waals surface area contributed by atoms with Gasteiger partial charge in [-0.1, -0.05) is 29.8 Å². The number of methoxy groups -OCH3 is 1. The first-order valence-electron chi connectivity index (χ1n) is 8.14. The fraction of sp³-hybridized carbons (Fsp3) is 0.350. The molecule has 128 valence electrons. The summed E-state index contributed by atoms with van der Waals surface area (Å²) in [6.45, 7) is 6.76. The number of thioether (sulfide) groups is 1. The van der Waals surface area contributed by atoms with Crippen molar-refractivity contribution in [1.29, 1.82) is 0 Å². The first-order valence-corrected chi connectivity index (χ1v) is 9.02. The lowest BCUT2D eigenvalue weighted by Gasteiger charge is -2.14. The molecule has 2 aromatic rings. The summed E-state index contributed by atoms with van der Waals surface area (Å²) >= 11 is 1.61. The van der Waals surface area contributed by atoms with Gasteiger partial charge in [0, 0.05) is 11.4 Å². The van der Waals surface area contributed by atoms with E-state index >= 15 is 0 Å². The lowest BCUT2D eigenvalue weighted by molar-refractivity contribution is -0.120. The number of benzene rings is 2. The molecule has 2 aromatic carbocycles. The molecule has 0 aliphatic heterocycles. The van der Waals surface area contributed by atoms with Crippen LogP contribution < -0.4 is 10.1 Å². The van der Waals surface area contributed by atoms with Gasteiger partial charge in [-0.05, 0) is 56.5 Å². The van der Waals surface area contributed by atoms with Gasteiger partial charge >= 0.3 is 0 Å². The van der Waals surface area contributed by atoms with Crippen LogP contribution in [0.2, 0.25) is 0 Å². The molecule has 24 heavy (non-hydrogen) atoms. The first kappa shape index (κ1) is 18.4. The molecule has 0 bridgehead atoms. The van der Waals surface area contributed by atoms with E-state index in [4.69, 9.17) is 4.74 Å². The molecule has 0 aliphatic carbocycles. The second kappa shape index (κ2) is 8.78. The number of amides is 1. The normalized spacial score (nSPS) is 11.8. The van der Waals surface area contributed by atoms with Crippen molar-refractivity contribution in [3.05, 3.63) is 59.2 Å². The molecule has 2 rings (SSSR count). The third-order valence-corrected chi connectivity index (χ3v) is 5.15. The standard InChI is InChI=1S/C20H25NO2S/c1-14-5-10-19(15(2)13-14)24-16(3)20(22)21-12-11-17-6-8-18(23-4)9-7-17/h5-10,13,16H,11-12H2,1-4H3,(H,21,22)/t16-/m0/s1. The average molecular weight is 343 g/mol. The largest absolute Gasteiger partial charge is 0.497 e. The van der Waals surface area contributed by atoms with E-state index < -0.39 is 0 Å². The Kier molecular flexibility index (Phi) is 6.73. The van der Waals surface area contributed by atoms with E-state index in [2.05, 4.69) is 37.4 Å². The Morgan fingerprint density at radius 3 is 2.50 bits per heavy atom. The smallest absolute Gasteiger partial charge is 0.233 e. The highest BCUT2D eigenvalue weighted by molar-refractivity contribution is 8.00. The molecule has 4 heteroatoms. The van der Waals surface area contributed by atoms with Crippen LogP contribution in [0.3, 0.4) is 0 Å². The van der Waals surface area contributed by atoms with Gasteiger partial charge in [0.15, 0.2) is 0 Å². The van der Waals surface area contributed by atoms with Gasteiger partial charge in [-0.3, -0.25) is 4.79 Å². The molecule has 0 fully saturated rings. The lowest BCUT2D eigenvalue weighted by Crippen LogP contribution is -2.32. The van der Waals surface area contributed by atoms with Crippen LogP contribution in [0, 0.1) is 13.8 Å². The number of hydrogen-bond donors (Lipinski definition) is 1. The Morgan fingerprint density at radius 1 is 1.17 bits per heavy atom. The number of hydrogen-bond acceptors (Lipinski definition) is 3. The minimum Gasteiger partial charge on any atom is -0.497 e. The monoisotopic (exact) mass is 343 g/mol. The van der Waals surface area contributed by atoms with Gasteiger partial charge in [-0.15, -0.1) is 11.8 Å². The summed E-state index contributed by atoms with van der Waals surface area (Å²) in [4.78, 5) is 13.4. The molecule has 0 unspecified atom stereocenters. The van der Waals surface area contributed by atoms with E-state index in [1.807, 2.05) is 31.2 Å². The van der Waals surface area contributed by atoms with Gasteiger partial charge < -0.3 is 10.1 Å². The van der Waals surface area contributed by atoms with E-state index in [0.29, 0.717) is 6.54 Å². The quantitative estimate of drug-likeness (QED) is 0.768. The van der Waals surface area contributed by atoms with Crippen molar-refractivity contribution in [2.75, 3.05) is 13.7 Å². The van der Waals surface area contributed by atoms with Crippen LogP contribution >= 0.6 is 11.8 Å². The van der Waals surface area contributed by atoms with E-state index in [-0.39, 0.29) is 11.2 Å². The molecule has 3 nitrogen and oxygen atoms in total. The Bertz CT molecular complexity index is 683. The number of carbonyl (C=O) groups is 1. The molecule has 0 radical (unpaired) electrons. The molecular formula is C20H25NO2S. The van der Waals surface area contributed by atoms with Crippen LogP contribution in [0.1, 0.15) is 23.6 Å². The summed E-state index contributed by atoms with van der Waals surface area (Å²) in [5.41, 5.74) is 3.65. The SMILES string of the molecule is COc1ccc(CCNC(=O)[C@H](C)Sc2ccc(C)cc2C)cc1. The zero-order valence-electron chi connectivity index (χ0n) is 14.8. The molecular weight excluding hydrogens is 318 g/mol. The fourth-order valence-corrected chi connectivity index (χ4v) is 3.40. The van der Waals surface area contributed by atoms with Crippen LogP contribution in [0.5, 0.6) is 5.75 Å². The Hall–Kier alpha value is -1.94. The Labute approximate surface area is 148 Å². The first-order chi connectivity index (χ1) is 11.5. The van der Waals surface area contributed by atoms with Crippen molar-refractivity contribution < 1.29 is 9.53 Å². The summed E-state index contributed by atoms with van der Waals surface area (Å²) in [7, 11) is 1.66. The van der Waals surface area contributed by atoms with Crippen LogP contribution in [0.15, 0.2) is 47.4 Å². The number of ether oxygens (including phenoxy) is 1. The topological polar surface area (TPSA) is 38.3 Å². The maximum Gasteiger partial charge on any atom is 0.233 e. The van der Waals surface area contributed by atoms with Crippen molar-refractivity contribution >= 4 is 17.7 Å². The molecule has 0 heterocycles. The molecule has 1 amide bonds. The third-order valence-electron chi connectivity index (χ3n) is 3.88. The van der Waals surface area contributed by atoms with Gasteiger partial charge in [0.1, 0.15) is 5.75 Å². The molecule has 0 spiro atoms. The van der Waals surface area contributed by atoms with E-state index in [0.717, 1.165) is 12.2 Å². The minimum atomic E-state index is -0.109. The predicted octanol–water partition coefficient (Wildman–Crippen LogP) is 4.15. The molecule has 0 saturated carbocycles. The van der Waals surface area contributed by atoms with E-state index in [1.165, 1.54) is 21.6 Å². The minimum absolute atomic E-state index is 0.0773. The molecule has 1 atom stereocenters. The maximum absolute atomic E-state index is 12.3. The van der Waals surface area contributed by atoms with Gasteiger partial charge in [-0.2, -0.15) is 0 Å². The summed E-state index contributed by atoms with van der Waals surface area (Å²) in [6.07, 6.45) is 0.816. The van der Waals surface area contributed by atoms with Crippen molar-refractivity contribution in [1.82, 2.24) is 5.32 Å².